The molecule has 0 fully saturated rings. The van der Waals surface area contributed by atoms with Crippen LogP contribution in [-0.2, 0) is 5.41 Å². The summed E-state index contributed by atoms with van der Waals surface area (Å²) in [6.07, 6.45) is 0. The van der Waals surface area contributed by atoms with Gasteiger partial charge in [-0.3, -0.25) is 0 Å². The largest absolute Gasteiger partial charge is 0.0622 e. The van der Waals surface area contributed by atoms with E-state index in [0.717, 1.165) is 0 Å². The molecule has 0 bridgehead atoms. The first-order valence-corrected chi connectivity index (χ1v) is 20.1. The first-order chi connectivity index (χ1) is 28.0. The maximum absolute atomic E-state index is 2.46. The Hall–Kier alpha value is -7.02. The Kier molecular flexibility index (Phi) is 6.78. The van der Waals surface area contributed by atoms with Gasteiger partial charge in [0, 0.05) is 5.41 Å². The van der Waals surface area contributed by atoms with Crippen LogP contribution in [0.1, 0.15) is 25.0 Å². The summed E-state index contributed by atoms with van der Waals surface area (Å²) in [6.45, 7) is 4.74. The molecule has 0 aliphatic heterocycles. The van der Waals surface area contributed by atoms with Crippen LogP contribution in [0.5, 0.6) is 0 Å². The molecule has 0 heteroatoms. The summed E-state index contributed by atoms with van der Waals surface area (Å²) >= 11 is 0. The molecule has 10 aromatic carbocycles. The fourth-order valence-corrected chi connectivity index (χ4v) is 10.3. The normalized spacial score (nSPS) is 13.2. The Labute approximate surface area is 333 Å². The Morgan fingerprint density at radius 3 is 1.54 bits per heavy atom. The van der Waals surface area contributed by atoms with Crippen molar-refractivity contribution in [2.24, 2.45) is 0 Å². The quantitative estimate of drug-likeness (QED) is 0.170. The lowest BCUT2D eigenvalue weighted by molar-refractivity contribution is 0.661. The first kappa shape index (κ1) is 32.2. The van der Waals surface area contributed by atoms with E-state index < -0.39 is 0 Å². The van der Waals surface area contributed by atoms with Crippen LogP contribution in [0.4, 0.5) is 0 Å². The fraction of sp³-hybridized carbons (Fsp3) is 0.0526. The van der Waals surface area contributed by atoms with E-state index in [9.17, 15) is 0 Å². The van der Waals surface area contributed by atoms with Crippen LogP contribution in [0.2, 0.25) is 0 Å². The van der Waals surface area contributed by atoms with E-state index in [4.69, 9.17) is 0 Å². The Balaban J connectivity index is 1.15. The van der Waals surface area contributed by atoms with Crippen LogP contribution >= 0.6 is 0 Å². The van der Waals surface area contributed by atoms with Crippen molar-refractivity contribution < 1.29 is 0 Å². The highest BCUT2D eigenvalue weighted by Crippen LogP contribution is 2.58. The van der Waals surface area contributed by atoms with Gasteiger partial charge in [-0.15, -0.1) is 0 Å². The van der Waals surface area contributed by atoms with Crippen molar-refractivity contribution >= 4 is 32.3 Å². The zero-order valence-electron chi connectivity index (χ0n) is 32.0. The maximum Gasteiger partial charge on any atom is 0.0159 e. The van der Waals surface area contributed by atoms with Gasteiger partial charge in [0.05, 0.1) is 0 Å². The third-order valence-electron chi connectivity index (χ3n) is 12.9. The van der Waals surface area contributed by atoms with Crippen molar-refractivity contribution in [2.75, 3.05) is 0 Å². The van der Waals surface area contributed by atoms with Gasteiger partial charge in [0.15, 0.2) is 0 Å². The molecule has 0 unspecified atom stereocenters. The summed E-state index contributed by atoms with van der Waals surface area (Å²) in [5.41, 5.74) is 20.7. The van der Waals surface area contributed by atoms with Crippen molar-refractivity contribution in [1.29, 1.82) is 0 Å². The predicted octanol–water partition coefficient (Wildman–Crippen LogP) is 15.8. The van der Waals surface area contributed by atoms with Gasteiger partial charge in [0.1, 0.15) is 0 Å². The van der Waals surface area contributed by atoms with Crippen LogP contribution in [-0.4, -0.2) is 0 Å². The van der Waals surface area contributed by atoms with Crippen molar-refractivity contribution in [1.82, 2.24) is 0 Å². The van der Waals surface area contributed by atoms with Crippen LogP contribution in [0.3, 0.4) is 0 Å². The van der Waals surface area contributed by atoms with E-state index >= 15 is 0 Å². The number of hydrogen-bond donors (Lipinski definition) is 0. The average molecular weight is 723 g/mol. The van der Waals surface area contributed by atoms with Crippen LogP contribution < -0.4 is 0 Å². The third kappa shape index (κ3) is 4.68. The Morgan fingerprint density at radius 1 is 0.281 bits per heavy atom. The van der Waals surface area contributed by atoms with Crippen molar-refractivity contribution in [2.45, 2.75) is 19.3 Å². The zero-order valence-corrected chi connectivity index (χ0v) is 32.0. The van der Waals surface area contributed by atoms with Crippen LogP contribution in [0.15, 0.2) is 194 Å². The highest BCUT2D eigenvalue weighted by atomic mass is 14.4. The van der Waals surface area contributed by atoms with Crippen LogP contribution in [0.25, 0.3) is 110 Å². The summed E-state index contributed by atoms with van der Waals surface area (Å²) in [5.74, 6) is 0. The fourth-order valence-electron chi connectivity index (χ4n) is 10.3. The minimum absolute atomic E-state index is 0.0513. The van der Waals surface area contributed by atoms with Gasteiger partial charge in [0.25, 0.3) is 0 Å². The average Bonchev–Trinajstić information content (AvgIpc) is 3.71. The molecule has 0 heterocycles. The molecule has 0 N–H and O–H groups in total. The summed E-state index contributed by atoms with van der Waals surface area (Å²) in [4.78, 5) is 0. The highest BCUT2D eigenvalue weighted by molar-refractivity contribution is 6.27. The van der Waals surface area contributed by atoms with Crippen molar-refractivity contribution in [3.05, 3.63) is 205 Å². The smallest absolute Gasteiger partial charge is 0.0159 e. The van der Waals surface area contributed by atoms with Gasteiger partial charge >= 0.3 is 0 Å². The lowest BCUT2D eigenvalue weighted by atomic mass is 9.81. The van der Waals surface area contributed by atoms with Gasteiger partial charge in [-0.25, -0.2) is 0 Å². The molecule has 0 amide bonds. The molecule has 57 heavy (non-hydrogen) atoms. The lowest BCUT2D eigenvalue weighted by Gasteiger charge is -2.22. The monoisotopic (exact) mass is 722 g/mol. The molecular formula is C57H38. The van der Waals surface area contributed by atoms with E-state index in [2.05, 4.69) is 208 Å². The van der Waals surface area contributed by atoms with Gasteiger partial charge in [0.2, 0.25) is 0 Å². The molecule has 0 nitrogen and oxygen atoms in total. The van der Waals surface area contributed by atoms with Gasteiger partial charge in [-0.1, -0.05) is 172 Å². The van der Waals surface area contributed by atoms with E-state index in [1.54, 1.807) is 0 Å². The van der Waals surface area contributed by atoms with Crippen molar-refractivity contribution in [3.63, 3.8) is 0 Å². The topological polar surface area (TPSA) is 0 Å². The van der Waals surface area contributed by atoms with Gasteiger partial charge in [-0.05, 0) is 158 Å². The Morgan fingerprint density at radius 2 is 0.842 bits per heavy atom. The minimum atomic E-state index is -0.0513. The molecule has 0 spiro atoms. The highest BCUT2D eigenvalue weighted by Gasteiger charge is 2.35. The number of benzene rings is 10. The summed E-state index contributed by atoms with van der Waals surface area (Å²) in [7, 11) is 0. The number of fused-ring (bicyclic) bond motifs is 8. The molecule has 0 radical (unpaired) electrons. The molecule has 0 saturated carbocycles. The molecule has 0 atom stereocenters. The van der Waals surface area contributed by atoms with E-state index in [1.807, 2.05) is 0 Å². The molecule has 266 valence electrons. The van der Waals surface area contributed by atoms with E-state index in [1.165, 1.54) is 121 Å². The second-order valence-electron chi connectivity index (χ2n) is 16.4. The first-order valence-electron chi connectivity index (χ1n) is 20.1. The zero-order chi connectivity index (χ0) is 37.8. The van der Waals surface area contributed by atoms with Crippen molar-refractivity contribution in [3.8, 4) is 77.9 Å². The lowest BCUT2D eigenvalue weighted by Crippen LogP contribution is -2.14. The van der Waals surface area contributed by atoms with E-state index in [-0.39, 0.29) is 5.41 Å². The van der Waals surface area contributed by atoms with Crippen LogP contribution in [0, 0.1) is 0 Å². The number of rotatable bonds is 4. The summed E-state index contributed by atoms with van der Waals surface area (Å²) in [6, 6.07) is 72.8. The summed E-state index contributed by atoms with van der Waals surface area (Å²) in [5, 5.41) is 7.72. The summed E-state index contributed by atoms with van der Waals surface area (Å²) < 4.78 is 0. The minimum Gasteiger partial charge on any atom is -0.0622 e. The second-order valence-corrected chi connectivity index (χ2v) is 16.4. The van der Waals surface area contributed by atoms with Gasteiger partial charge in [-0.2, -0.15) is 0 Å². The molecule has 0 saturated heterocycles. The Bertz CT molecular complexity index is 3290. The molecule has 12 rings (SSSR count). The molecule has 2 aliphatic carbocycles. The van der Waals surface area contributed by atoms with E-state index in [0.29, 0.717) is 0 Å². The molecular weight excluding hydrogens is 685 g/mol. The number of hydrogen-bond acceptors (Lipinski definition) is 0. The molecule has 10 aromatic rings. The molecule has 0 aromatic heterocycles. The maximum atomic E-state index is 2.46. The predicted molar refractivity (Wildman–Crippen MR) is 243 cm³/mol. The molecule has 2 aliphatic rings. The second kappa shape index (κ2) is 12.0. The third-order valence-corrected chi connectivity index (χ3v) is 12.9. The van der Waals surface area contributed by atoms with Gasteiger partial charge < -0.3 is 0 Å². The standard InChI is InChI=1S/C57H38/c1-57(2)50-26-12-11-21-44(50)49-33-39-28-27-38(29-42(39)34-51(49)57)41-30-40(35-15-5-3-6-16-35)31-43(32-41)54-46-23-10-9-22-45(46)53(37-17-7-4-8-18-37)55-47-24-13-19-36-20-14-25-48(52(36)47)56(54)55/h3-34H,1-2H3. The SMILES string of the molecule is CC1(C)c2ccccc2-c2cc3ccc(-c4cc(-c5ccccc5)cc(-c5c6c(c(-c7ccccc7)c7ccccc57)-c5cccc7cccc-6c57)c4)cc3cc21.